The van der Waals surface area contributed by atoms with Crippen molar-refractivity contribution in [1.82, 2.24) is 20.5 Å². The molecule has 0 saturated carbocycles. The molecule has 4 rings (SSSR count). The minimum atomic E-state index is -1.12. The lowest BCUT2D eigenvalue weighted by Gasteiger charge is -2.25. The van der Waals surface area contributed by atoms with Gasteiger partial charge in [0.1, 0.15) is 17.9 Å². The van der Waals surface area contributed by atoms with Crippen LogP contribution in [0.4, 0.5) is 8.78 Å². The van der Waals surface area contributed by atoms with E-state index in [1.165, 1.54) is 36.2 Å². The van der Waals surface area contributed by atoms with Gasteiger partial charge in [-0.2, -0.15) is 0 Å². The number of unbranched alkanes of at least 4 members (excludes halogenated alkanes) is 1. The highest BCUT2D eigenvalue weighted by atomic mass is 19.1. The molecule has 4 aromatic rings. The Morgan fingerprint density at radius 2 is 1.71 bits per heavy atom. The summed E-state index contributed by atoms with van der Waals surface area (Å²) in [6, 6.07) is 14.9. The van der Waals surface area contributed by atoms with E-state index >= 15 is 0 Å². The van der Waals surface area contributed by atoms with Crippen molar-refractivity contribution in [2.45, 2.75) is 58.2 Å². The molecule has 1 heterocycles. The minimum Gasteiger partial charge on any atom is -0.445 e. The molecule has 0 aliphatic carbocycles. The molecular formula is C35H40F2N4O4. The number of carbonyl (C=O) groups is 2. The lowest BCUT2D eigenvalue weighted by Crippen LogP contribution is -2.48. The van der Waals surface area contributed by atoms with Gasteiger partial charge in [-0.15, -0.1) is 0 Å². The van der Waals surface area contributed by atoms with Crippen LogP contribution < -0.4 is 10.6 Å². The lowest BCUT2D eigenvalue weighted by atomic mass is 9.99. The molecule has 10 heteroatoms. The average Bonchev–Trinajstić information content (AvgIpc) is 3.57. The summed E-state index contributed by atoms with van der Waals surface area (Å²) >= 11 is 0. The van der Waals surface area contributed by atoms with Gasteiger partial charge in [0.25, 0.3) is 11.8 Å². The van der Waals surface area contributed by atoms with Gasteiger partial charge in [0.05, 0.1) is 18.3 Å². The molecule has 0 unspecified atom stereocenters. The van der Waals surface area contributed by atoms with Gasteiger partial charge in [0.15, 0.2) is 0 Å². The van der Waals surface area contributed by atoms with Crippen molar-refractivity contribution in [3.8, 4) is 11.5 Å². The van der Waals surface area contributed by atoms with E-state index in [2.05, 4.69) is 28.6 Å². The molecule has 0 bridgehead atoms. The Kier molecular flexibility index (Phi) is 11.9. The van der Waals surface area contributed by atoms with Gasteiger partial charge < -0.3 is 25.1 Å². The molecule has 8 nitrogen and oxygen atoms in total. The largest absolute Gasteiger partial charge is 0.445 e. The van der Waals surface area contributed by atoms with E-state index < -0.39 is 29.7 Å². The van der Waals surface area contributed by atoms with E-state index in [9.17, 15) is 23.5 Å². The van der Waals surface area contributed by atoms with Crippen LogP contribution in [0.1, 0.15) is 64.1 Å². The van der Waals surface area contributed by atoms with Gasteiger partial charge in [-0.3, -0.25) is 9.59 Å². The predicted molar refractivity (Wildman–Crippen MR) is 169 cm³/mol. The molecule has 3 aromatic carbocycles. The van der Waals surface area contributed by atoms with Gasteiger partial charge in [-0.25, -0.2) is 13.8 Å². The highest BCUT2D eigenvalue weighted by Crippen LogP contribution is 2.23. The first-order valence-corrected chi connectivity index (χ1v) is 15.2. The molecular weight excluding hydrogens is 578 g/mol. The zero-order valence-corrected chi connectivity index (χ0v) is 25.9. The number of aliphatic hydroxyl groups is 1. The number of halogens is 2. The number of benzene rings is 3. The number of oxazole rings is 1. The maximum atomic E-state index is 14.0. The van der Waals surface area contributed by atoms with Crippen LogP contribution in [0.2, 0.25) is 0 Å². The smallest absolute Gasteiger partial charge is 0.253 e. The summed E-state index contributed by atoms with van der Waals surface area (Å²) in [7, 11) is 1.70. The second-order valence-electron chi connectivity index (χ2n) is 11.2. The van der Waals surface area contributed by atoms with E-state index in [0.29, 0.717) is 18.7 Å². The van der Waals surface area contributed by atoms with E-state index in [4.69, 9.17) is 4.42 Å². The normalized spacial score (nSPS) is 12.5. The number of carbonyl (C=O) groups excluding carboxylic acids is 2. The molecule has 0 saturated heterocycles. The quantitative estimate of drug-likeness (QED) is 0.161. The monoisotopic (exact) mass is 618 g/mol. The third-order valence-electron chi connectivity index (χ3n) is 7.56. The third kappa shape index (κ3) is 9.54. The number of nitrogens with one attached hydrogen (secondary N) is 2. The van der Waals surface area contributed by atoms with Gasteiger partial charge in [-0.1, -0.05) is 44.5 Å². The minimum absolute atomic E-state index is 0.0421. The van der Waals surface area contributed by atoms with Crippen molar-refractivity contribution in [2.24, 2.45) is 0 Å². The second-order valence-corrected chi connectivity index (χ2v) is 11.2. The highest BCUT2D eigenvalue weighted by molar-refractivity contribution is 6.01. The summed E-state index contributed by atoms with van der Waals surface area (Å²) in [5.41, 5.74) is 3.35. The number of nitrogens with zero attached hydrogens (tertiary/aromatic N) is 2. The van der Waals surface area contributed by atoms with Gasteiger partial charge in [0.2, 0.25) is 5.89 Å². The number of aryl methyl sites for hydroxylation is 1. The van der Waals surface area contributed by atoms with Crippen LogP contribution in [-0.4, -0.2) is 59.1 Å². The summed E-state index contributed by atoms with van der Waals surface area (Å²) in [5.74, 6) is -2.13. The summed E-state index contributed by atoms with van der Waals surface area (Å²) in [6.45, 7) is 5.24. The molecule has 2 atom stereocenters. The fourth-order valence-corrected chi connectivity index (χ4v) is 5.07. The zero-order chi connectivity index (χ0) is 32.3. The summed E-state index contributed by atoms with van der Waals surface area (Å²) in [4.78, 5) is 32.8. The molecule has 2 amide bonds. The van der Waals surface area contributed by atoms with Crippen molar-refractivity contribution in [3.05, 3.63) is 113 Å². The van der Waals surface area contributed by atoms with Crippen molar-refractivity contribution in [3.63, 3.8) is 0 Å². The topological polar surface area (TPSA) is 108 Å². The van der Waals surface area contributed by atoms with Gasteiger partial charge >= 0.3 is 0 Å². The summed E-state index contributed by atoms with van der Waals surface area (Å²) in [6.07, 6.45) is 4.34. The lowest BCUT2D eigenvalue weighted by molar-refractivity contribution is 0.0793. The number of aliphatic hydroxyl groups excluding tert-OH is 1. The Morgan fingerprint density at radius 1 is 0.978 bits per heavy atom. The van der Waals surface area contributed by atoms with Crippen LogP contribution in [0.15, 0.2) is 77.5 Å². The molecule has 0 spiro atoms. The van der Waals surface area contributed by atoms with Gasteiger partial charge in [-0.05, 0) is 66.3 Å². The van der Waals surface area contributed by atoms with Gasteiger partial charge in [0, 0.05) is 49.4 Å². The second kappa shape index (κ2) is 16.1. The number of aromatic nitrogens is 1. The molecule has 238 valence electrons. The molecule has 3 N–H and O–H groups in total. The maximum Gasteiger partial charge on any atom is 0.253 e. The Bertz CT molecular complexity index is 1560. The van der Waals surface area contributed by atoms with Crippen LogP contribution in [0.5, 0.6) is 0 Å². The number of amides is 2. The molecule has 0 aliphatic rings. The first-order chi connectivity index (χ1) is 21.7. The van der Waals surface area contributed by atoms with E-state index in [0.717, 1.165) is 30.9 Å². The predicted octanol–water partition coefficient (Wildman–Crippen LogP) is 5.55. The Morgan fingerprint density at radius 3 is 2.40 bits per heavy atom. The van der Waals surface area contributed by atoms with Crippen LogP contribution in [0, 0.1) is 11.6 Å². The number of rotatable bonds is 15. The van der Waals surface area contributed by atoms with Crippen LogP contribution in [0.3, 0.4) is 0 Å². The number of hydrogen-bond donors (Lipinski definition) is 3. The molecule has 0 fully saturated rings. The van der Waals surface area contributed by atoms with Crippen molar-refractivity contribution < 1.29 is 27.9 Å². The average molecular weight is 619 g/mol. The fourth-order valence-electron chi connectivity index (χ4n) is 5.07. The highest BCUT2D eigenvalue weighted by Gasteiger charge is 2.25. The van der Waals surface area contributed by atoms with Crippen molar-refractivity contribution in [1.29, 1.82) is 0 Å². The van der Waals surface area contributed by atoms with E-state index in [-0.39, 0.29) is 41.5 Å². The molecule has 45 heavy (non-hydrogen) atoms. The van der Waals surface area contributed by atoms with Crippen LogP contribution >= 0.6 is 0 Å². The first kappa shape index (κ1) is 33.5. The molecule has 0 radical (unpaired) electrons. The third-order valence-corrected chi connectivity index (χ3v) is 7.56. The summed E-state index contributed by atoms with van der Waals surface area (Å²) in [5, 5.41) is 17.3. The standard InChI is InChI=1S/C35H40F2N4O4/c1-4-6-11-41(3)35(44)28-18-26(17-27(19-28)34-39-10-12-45-34)33(43)40-31(16-25-14-29(36)20-30(37)15-25)32(42)22-38-21-24-9-7-8-23(5-2)13-24/h7-10,12-15,17-20,31-32,38,42H,4-6,11,16,21-22H2,1-3H3,(H,40,43)/t31-,32+/m0/s1. The van der Waals surface area contributed by atoms with Crippen LogP contribution in [0.25, 0.3) is 11.5 Å². The Balaban J connectivity index is 1.58. The number of hydrogen-bond acceptors (Lipinski definition) is 6. The fraction of sp³-hybridized carbons (Fsp3) is 0.343. The Labute approximate surface area is 262 Å². The van der Waals surface area contributed by atoms with Crippen molar-refractivity contribution >= 4 is 11.8 Å². The maximum absolute atomic E-state index is 14.0. The summed E-state index contributed by atoms with van der Waals surface area (Å²) < 4.78 is 33.5. The Hall–Kier alpha value is -4.41. The SMILES string of the molecule is CCCCN(C)C(=O)c1cc(C(=O)N[C@@H](Cc2cc(F)cc(F)c2)[C@H](O)CNCc2cccc(CC)c2)cc(-c2ncco2)c1. The van der Waals surface area contributed by atoms with Crippen LogP contribution in [-0.2, 0) is 19.4 Å². The molecule has 0 aliphatic heterocycles. The van der Waals surface area contributed by atoms with E-state index in [1.807, 2.05) is 25.1 Å². The zero-order valence-electron chi connectivity index (χ0n) is 25.9. The van der Waals surface area contributed by atoms with E-state index in [1.54, 1.807) is 24.1 Å². The molecule has 1 aromatic heterocycles. The van der Waals surface area contributed by atoms with Crippen molar-refractivity contribution in [2.75, 3.05) is 20.1 Å². The first-order valence-electron chi connectivity index (χ1n) is 15.2.